The van der Waals surface area contributed by atoms with Crippen LogP contribution >= 0.6 is 0 Å². The molecule has 0 unspecified atom stereocenters. The average Bonchev–Trinajstić information content (AvgIpc) is 2.93. The number of aromatic nitrogens is 3. The number of hydrogen-bond donors (Lipinski definition) is 0. The van der Waals surface area contributed by atoms with Crippen molar-refractivity contribution < 1.29 is 8.42 Å². The van der Waals surface area contributed by atoms with Crippen molar-refractivity contribution in [3.05, 3.63) is 11.9 Å². The van der Waals surface area contributed by atoms with E-state index >= 15 is 0 Å². The Morgan fingerprint density at radius 3 is 2.59 bits per heavy atom. The van der Waals surface area contributed by atoms with Crippen LogP contribution in [-0.4, -0.2) is 46.6 Å². The number of hydrogen-bond acceptors (Lipinski definition) is 4. The third-order valence-electron chi connectivity index (χ3n) is 4.12. The Labute approximate surface area is 133 Å². The van der Waals surface area contributed by atoms with E-state index < -0.39 is 10.0 Å². The zero-order valence-corrected chi connectivity index (χ0v) is 14.7. The SMILES string of the molecule is CCCCS(=O)(=O)N1CCC(n2cc(CC(C)C)nn2)CC1. The molecule has 2 heterocycles. The molecule has 0 N–H and O–H groups in total. The third-order valence-corrected chi connectivity index (χ3v) is 6.08. The zero-order chi connectivity index (χ0) is 16.2. The van der Waals surface area contributed by atoms with Gasteiger partial charge in [0.25, 0.3) is 0 Å². The van der Waals surface area contributed by atoms with Crippen molar-refractivity contribution in [3.63, 3.8) is 0 Å². The van der Waals surface area contributed by atoms with E-state index in [1.807, 2.05) is 17.8 Å². The van der Waals surface area contributed by atoms with E-state index in [1.54, 1.807) is 4.31 Å². The summed E-state index contributed by atoms with van der Waals surface area (Å²) in [6, 6.07) is 0.269. The van der Waals surface area contributed by atoms with Crippen molar-refractivity contribution in [1.29, 1.82) is 0 Å². The fraction of sp³-hybridized carbons (Fsp3) is 0.867. The standard InChI is InChI=1S/C15H28N4O2S/c1-4-5-10-22(20,21)18-8-6-15(7-9-18)19-12-14(16-17-19)11-13(2)3/h12-13,15H,4-11H2,1-3H3. The Balaban J connectivity index is 1.90. The number of piperidine rings is 1. The van der Waals surface area contributed by atoms with Crippen molar-refractivity contribution in [2.75, 3.05) is 18.8 Å². The minimum absolute atomic E-state index is 0.269. The summed E-state index contributed by atoms with van der Waals surface area (Å²) >= 11 is 0. The summed E-state index contributed by atoms with van der Waals surface area (Å²) in [6.45, 7) is 7.53. The van der Waals surface area contributed by atoms with Gasteiger partial charge in [-0.05, 0) is 31.6 Å². The maximum atomic E-state index is 12.2. The molecule has 6 nitrogen and oxygen atoms in total. The second kappa shape index (κ2) is 7.55. The molecule has 0 atom stereocenters. The zero-order valence-electron chi connectivity index (χ0n) is 13.9. The molecule has 0 saturated carbocycles. The summed E-state index contributed by atoms with van der Waals surface area (Å²) in [5, 5.41) is 8.45. The molecule has 0 radical (unpaired) electrons. The van der Waals surface area contributed by atoms with E-state index in [0.717, 1.165) is 37.8 Å². The summed E-state index contributed by atoms with van der Waals surface area (Å²) in [7, 11) is -3.07. The first kappa shape index (κ1) is 17.4. The largest absolute Gasteiger partial charge is 0.249 e. The smallest absolute Gasteiger partial charge is 0.214 e. The Hall–Kier alpha value is -0.950. The molecule has 0 aromatic carbocycles. The van der Waals surface area contributed by atoms with Crippen molar-refractivity contribution in [2.24, 2.45) is 5.92 Å². The molecule has 2 rings (SSSR count). The second-order valence-electron chi connectivity index (χ2n) is 6.59. The molecule has 1 aromatic heterocycles. The van der Waals surface area contributed by atoms with Crippen LogP contribution < -0.4 is 0 Å². The van der Waals surface area contributed by atoms with E-state index in [-0.39, 0.29) is 11.8 Å². The Morgan fingerprint density at radius 2 is 2.00 bits per heavy atom. The molecular formula is C15H28N4O2S. The van der Waals surface area contributed by atoms with Gasteiger partial charge in [0, 0.05) is 19.3 Å². The number of sulfonamides is 1. The highest BCUT2D eigenvalue weighted by molar-refractivity contribution is 7.89. The third kappa shape index (κ3) is 4.52. The molecule has 1 saturated heterocycles. The first-order chi connectivity index (χ1) is 10.4. The lowest BCUT2D eigenvalue weighted by Crippen LogP contribution is -2.40. The molecule has 1 fully saturated rings. The molecule has 1 aliphatic heterocycles. The van der Waals surface area contributed by atoms with Gasteiger partial charge in [-0.1, -0.05) is 32.4 Å². The van der Waals surface area contributed by atoms with Gasteiger partial charge in [0.1, 0.15) is 0 Å². The lowest BCUT2D eigenvalue weighted by Gasteiger charge is -2.31. The van der Waals surface area contributed by atoms with Crippen molar-refractivity contribution >= 4 is 10.0 Å². The van der Waals surface area contributed by atoms with Gasteiger partial charge in [0.05, 0.1) is 17.5 Å². The first-order valence-electron chi connectivity index (χ1n) is 8.31. The minimum Gasteiger partial charge on any atom is -0.249 e. The molecule has 22 heavy (non-hydrogen) atoms. The van der Waals surface area contributed by atoms with Gasteiger partial charge < -0.3 is 0 Å². The fourth-order valence-corrected chi connectivity index (χ4v) is 4.52. The van der Waals surface area contributed by atoms with Gasteiger partial charge in [-0.25, -0.2) is 17.4 Å². The van der Waals surface area contributed by atoms with Gasteiger partial charge in [-0.15, -0.1) is 5.10 Å². The van der Waals surface area contributed by atoms with Crippen molar-refractivity contribution in [1.82, 2.24) is 19.3 Å². The van der Waals surface area contributed by atoms with Crippen LogP contribution in [0, 0.1) is 5.92 Å². The maximum absolute atomic E-state index is 12.2. The number of rotatable bonds is 7. The summed E-state index contributed by atoms with van der Waals surface area (Å²) < 4.78 is 28.0. The molecular weight excluding hydrogens is 300 g/mol. The predicted molar refractivity (Wildman–Crippen MR) is 87.1 cm³/mol. The van der Waals surface area contributed by atoms with E-state index in [9.17, 15) is 8.42 Å². The van der Waals surface area contributed by atoms with Gasteiger partial charge in [0.2, 0.25) is 10.0 Å². The first-order valence-corrected chi connectivity index (χ1v) is 9.91. The van der Waals surface area contributed by atoms with Crippen LogP contribution in [0.2, 0.25) is 0 Å². The molecule has 7 heteroatoms. The highest BCUT2D eigenvalue weighted by Crippen LogP contribution is 2.24. The molecule has 0 amide bonds. The van der Waals surface area contributed by atoms with Crippen LogP contribution in [0.4, 0.5) is 0 Å². The van der Waals surface area contributed by atoms with Crippen LogP contribution in [-0.2, 0) is 16.4 Å². The van der Waals surface area contributed by atoms with Gasteiger partial charge in [-0.3, -0.25) is 0 Å². The van der Waals surface area contributed by atoms with E-state index in [0.29, 0.717) is 19.0 Å². The van der Waals surface area contributed by atoms with Crippen LogP contribution in [0.25, 0.3) is 0 Å². The summed E-state index contributed by atoms with van der Waals surface area (Å²) in [6.07, 6.45) is 6.24. The van der Waals surface area contributed by atoms with Crippen molar-refractivity contribution in [3.8, 4) is 0 Å². The molecule has 1 aliphatic rings. The fourth-order valence-electron chi connectivity index (χ4n) is 2.84. The highest BCUT2D eigenvalue weighted by atomic mass is 32.2. The van der Waals surface area contributed by atoms with Crippen LogP contribution in [0.3, 0.4) is 0 Å². The Bertz CT molecular complexity index is 560. The molecule has 126 valence electrons. The average molecular weight is 328 g/mol. The molecule has 0 aliphatic carbocycles. The van der Waals surface area contributed by atoms with E-state index in [2.05, 4.69) is 24.2 Å². The Morgan fingerprint density at radius 1 is 1.32 bits per heavy atom. The van der Waals surface area contributed by atoms with Crippen LogP contribution in [0.15, 0.2) is 6.20 Å². The number of nitrogens with zero attached hydrogens (tertiary/aromatic N) is 4. The summed E-state index contributed by atoms with van der Waals surface area (Å²) in [5.74, 6) is 0.839. The minimum atomic E-state index is -3.07. The van der Waals surface area contributed by atoms with Crippen LogP contribution in [0.1, 0.15) is 58.2 Å². The van der Waals surface area contributed by atoms with Gasteiger partial charge >= 0.3 is 0 Å². The molecule has 0 spiro atoms. The normalized spacial score (nSPS) is 18.2. The summed E-state index contributed by atoms with van der Waals surface area (Å²) in [5.41, 5.74) is 1.02. The Kier molecular flexibility index (Phi) is 5.97. The maximum Gasteiger partial charge on any atom is 0.214 e. The summed E-state index contributed by atoms with van der Waals surface area (Å²) in [4.78, 5) is 0. The molecule has 1 aromatic rings. The quantitative estimate of drug-likeness (QED) is 0.770. The predicted octanol–water partition coefficient (Wildman–Crippen LogP) is 2.24. The highest BCUT2D eigenvalue weighted by Gasteiger charge is 2.28. The molecule has 0 bridgehead atoms. The van der Waals surface area contributed by atoms with Crippen molar-refractivity contribution in [2.45, 2.75) is 58.9 Å². The second-order valence-corrected chi connectivity index (χ2v) is 8.68. The lowest BCUT2D eigenvalue weighted by atomic mass is 10.1. The lowest BCUT2D eigenvalue weighted by molar-refractivity contribution is 0.258. The van der Waals surface area contributed by atoms with Gasteiger partial charge in [0.15, 0.2) is 0 Å². The number of unbranched alkanes of at least 4 members (excludes halogenated alkanes) is 1. The van der Waals surface area contributed by atoms with Crippen LogP contribution in [0.5, 0.6) is 0 Å². The van der Waals surface area contributed by atoms with E-state index in [1.165, 1.54) is 0 Å². The monoisotopic (exact) mass is 328 g/mol. The topological polar surface area (TPSA) is 68.1 Å². The van der Waals surface area contributed by atoms with Gasteiger partial charge in [-0.2, -0.15) is 0 Å². The van der Waals surface area contributed by atoms with E-state index in [4.69, 9.17) is 0 Å².